The van der Waals surface area contributed by atoms with Gasteiger partial charge in [-0.25, -0.2) is 14.8 Å². The van der Waals surface area contributed by atoms with E-state index in [0.29, 0.717) is 59.0 Å². The number of aldehydes is 1. The van der Waals surface area contributed by atoms with E-state index < -0.39 is 5.97 Å². The number of carboxylic acids is 1. The van der Waals surface area contributed by atoms with Crippen LogP contribution in [0.1, 0.15) is 40.5 Å². The normalized spacial score (nSPS) is 14.4. The Hall–Kier alpha value is -3.67. The molecular weight excluding hydrogens is 422 g/mol. The molecule has 31 heavy (non-hydrogen) atoms. The predicted molar refractivity (Wildman–Crippen MR) is 112 cm³/mol. The van der Waals surface area contributed by atoms with Gasteiger partial charge in [-0.1, -0.05) is 5.16 Å². The molecule has 1 fully saturated rings. The van der Waals surface area contributed by atoms with Crippen molar-refractivity contribution in [3.05, 3.63) is 47.0 Å². The Morgan fingerprint density at radius 3 is 2.71 bits per heavy atom. The summed E-state index contributed by atoms with van der Waals surface area (Å²) < 4.78 is 9.24. The molecule has 0 unspecified atom stereocenters. The Labute approximate surface area is 181 Å². The third-order valence-corrected chi connectivity index (χ3v) is 5.56. The molecule has 0 saturated carbocycles. The summed E-state index contributed by atoms with van der Waals surface area (Å²) >= 11 is 1.07. The summed E-state index contributed by atoms with van der Waals surface area (Å²) in [6.07, 6.45) is 3.46. The lowest BCUT2D eigenvalue weighted by molar-refractivity contribution is -0.132. The van der Waals surface area contributed by atoms with Gasteiger partial charge in [0.25, 0.3) is 0 Å². The highest BCUT2D eigenvalue weighted by molar-refractivity contribution is 7.09. The van der Waals surface area contributed by atoms with Crippen molar-refractivity contribution in [2.45, 2.75) is 26.7 Å². The Morgan fingerprint density at radius 1 is 1.35 bits per heavy atom. The van der Waals surface area contributed by atoms with E-state index in [4.69, 9.17) is 4.52 Å². The Morgan fingerprint density at radius 2 is 2.13 bits per heavy atom. The molecule has 0 amide bonds. The first-order valence-corrected chi connectivity index (χ1v) is 10.1. The van der Waals surface area contributed by atoms with Crippen LogP contribution in [-0.2, 0) is 4.79 Å². The molecule has 12 heteroatoms. The van der Waals surface area contributed by atoms with Gasteiger partial charge in [0, 0.05) is 30.8 Å². The van der Waals surface area contributed by atoms with Gasteiger partial charge in [-0.2, -0.15) is 9.36 Å². The zero-order valence-corrected chi connectivity index (χ0v) is 17.8. The maximum atomic E-state index is 11.9. The summed E-state index contributed by atoms with van der Waals surface area (Å²) in [6, 6.07) is 1.83. The molecule has 4 rings (SSSR count). The molecule has 11 nitrogen and oxygen atoms in total. The lowest BCUT2D eigenvalue weighted by atomic mass is 9.99. The largest absolute Gasteiger partial charge is 0.478 e. The van der Waals surface area contributed by atoms with Crippen LogP contribution in [0.5, 0.6) is 0 Å². The molecule has 1 N–H and O–H groups in total. The lowest BCUT2D eigenvalue weighted by Crippen LogP contribution is -2.45. The quantitative estimate of drug-likeness (QED) is 0.427. The SMILES string of the molecule is C/C(=C\N(c1ncns1)c1nc(N2CC(c3nc(C)no3)C2)cc(C)c1C=O)C(=O)O. The van der Waals surface area contributed by atoms with Crippen LogP contribution in [0.15, 0.2) is 28.7 Å². The molecule has 0 bridgehead atoms. The first-order valence-electron chi connectivity index (χ1n) is 9.37. The fourth-order valence-corrected chi connectivity index (χ4v) is 3.68. The average Bonchev–Trinajstić information content (AvgIpc) is 3.36. The molecule has 1 aliphatic heterocycles. The first-order chi connectivity index (χ1) is 14.9. The Balaban J connectivity index is 1.71. The van der Waals surface area contributed by atoms with Crippen LogP contribution in [-0.4, -0.2) is 54.9 Å². The Kier molecular flexibility index (Phi) is 5.46. The van der Waals surface area contributed by atoms with E-state index in [1.54, 1.807) is 6.92 Å². The third kappa shape index (κ3) is 4.01. The van der Waals surface area contributed by atoms with Gasteiger partial charge in [0.1, 0.15) is 12.1 Å². The number of aromatic nitrogens is 5. The van der Waals surface area contributed by atoms with Gasteiger partial charge < -0.3 is 14.5 Å². The van der Waals surface area contributed by atoms with E-state index in [9.17, 15) is 14.7 Å². The van der Waals surface area contributed by atoms with E-state index in [1.807, 2.05) is 17.9 Å². The fraction of sp³-hybridized carbons (Fsp3) is 0.316. The summed E-state index contributed by atoms with van der Waals surface area (Å²) in [5.74, 6) is 1.14. The third-order valence-electron chi connectivity index (χ3n) is 4.89. The van der Waals surface area contributed by atoms with Crippen LogP contribution in [0.4, 0.5) is 16.8 Å². The first kappa shape index (κ1) is 20.6. The zero-order chi connectivity index (χ0) is 22.1. The minimum atomic E-state index is -1.09. The van der Waals surface area contributed by atoms with E-state index in [2.05, 4.69) is 24.5 Å². The van der Waals surface area contributed by atoms with Crippen LogP contribution < -0.4 is 9.80 Å². The van der Waals surface area contributed by atoms with Crippen molar-refractivity contribution < 1.29 is 19.2 Å². The molecular formula is C19H19N7O4S. The highest BCUT2D eigenvalue weighted by Gasteiger charge is 2.34. The molecule has 1 aliphatic rings. The topological polar surface area (TPSA) is 138 Å². The highest BCUT2D eigenvalue weighted by atomic mass is 32.1. The number of rotatable bonds is 7. The molecule has 0 radical (unpaired) electrons. The van der Waals surface area contributed by atoms with Crippen LogP contribution in [0.25, 0.3) is 0 Å². The van der Waals surface area contributed by atoms with Crippen LogP contribution in [0, 0.1) is 13.8 Å². The van der Waals surface area contributed by atoms with Gasteiger partial charge in [0.05, 0.1) is 17.1 Å². The second kappa shape index (κ2) is 8.22. The van der Waals surface area contributed by atoms with E-state index in [0.717, 1.165) is 11.5 Å². The molecule has 4 heterocycles. The number of aryl methyl sites for hydroxylation is 2. The van der Waals surface area contributed by atoms with Crippen molar-refractivity contribution in [2.24, 2.45) is 0 Å². The van der Waals surface area contributed by atoms with Crippen molar-refractivity contribution in [1.82, 2.24) is 24.5 Å². The number of carbonyl (C=O) groups excluding carboxylic acids is 1. The maximum absolute atomic E-state index is 11.9. The van der Waals surface area contributed by atoms with Gasteiger partial charge in [-0.15, -0.1) is 0 Å². The molecule has 0 atom stereocenters. The number of nitrogens with zero attached hydrogens (tertiary/aromatic N) is 7. The van der Waals surface area contributed by atoms with E-state index in [1.165, 1.54) is 24.4 Å². The number of carbonyl (C=O) groups is 2. The van der Waals surface area contributed by atoms with Gasteiger partial charge >= 0.3 is 5.97 Å². The number of anilines is 3. The smallest absolute Gasteiger partial charge is 0.332 e. The second-order valence-electron chi connectivity index (χ2n) is 7.15. The summed E-state index contributed by atoms with van der Waals surface area (Å²) in [5, 5.41) is 13.6. The van der Waals surface area contributed by atoms with Crippen LogP contribution in [0.3, 0.4) is 0 Å². The fourth-order valence-electron chi connectivity index (χ4n) is 3.17. The standard InChI is InChI=1S/C19H19N7O4S/c1-10-4-15(25-6-13(7-25)17-22-12(3)24-30-17)23-16(14(10)8-27)26(5-11(2)18(28)29)19-20-9-21-31-19/h4-5,8-9,13H,6-7H2,1-3H3,(H,28,29)/b11-5+. The van der Waals surface area contributed by atoms with Crippen molar-refractivity contribution >= 4 is 40.6 Å². The minimum absolute atomic E-state index is 0.0627. The number of hydrogen-bond donors (Lipinski definition) is 1. The predicted octanol–water partition coefficient (Wildman–Crippen LogP) is 2.48. The summed E-state index contributed by atoms with van der Waals surface area (Å²) in [6.45, 7) is 6.31. The number of aliphatic carboxylic acids is 1. The molecule has 3 aromatic rings. The Bertz CT molecular complexity index is 1150. The molecule has 0 aromatic carbocycles. The highest BCUT2D eigenvalue weighted by Crippen LogP contribution is 2.35. The molecule has 160 valence electrons. The van der Waals surface area contributed by atoms with Gasteiger partial charge in [0.15, 0.2) is 17.9 Å². The van der Waals surface area contributed by atoms with Gasteiger partial charge in [-0.05, 0) is 32.4 Å². The van der Waals surface area contributed by atoms with Gasteiger partial charge in [0.2, 0.25) is 11.0 Å². The lowest BCUT2D eigenvalue weighted by Gasteiger charge is -2.38. The number of pyridine rings is 1. The minimum Gasteiger partial charge on any atom is -0.478 e. The van der Waals surface area contributed by atoms with Crippen LogP contribution >= 0.6 is 11.5 Å². The van der Waals surface area contributed by atoms with Crippen molar-refractivity contribution in [3.63, 3.8) is 0 Å². The number of hydrogen-bond acceptors (Lipinski definition) is 11. The number of carboxylic acid groups (broad SMARTS) is 1. The van der Waals surface area contributed by atoms with Crippen LogP contribution in [0.2, 0.25) is 0 Å². The average molecular weight is 441 g/mol. The van der Waals surface area contributed by atoms with E-state index >= 15 is 0 Å². The van der Waals surface area contributed by atoms with Crippen molar-refractivity contribution in [2.75, 3.05) is 22.9 Å². The summed E-state index contributed by atoms with van der Waals surface area (Å²) in [5.41, 5.74) is 1.12. The summed E-state index contributed by atoms with van der Waals surface area (Å²) in [4.78, 5) is 39.9. The summed E-state index contributed by atoms with van der Waals surface area (Å²) in [7, 11) is 0. The molecule has 0 spiro atoms. The molecule has 3 aromatic heterocycles. The van der Waals surface area contributed by atoms with E-state index in [-0.39, 0.29) is 11.5 Å². The van der Waals surface area contributed by atoms with Gasteiger partial charge in [-0.3, -0.25) is 9.69 Å². The van der Waals surface area contributed by atoms with Crippen molar-refractivity contribution in [1.29, 1.82) is 0 Å². The molecule has 1 saturated heterocycles. The van der Waals surface area contributed by atoms with Crippen molar-refractivity contribution in [3.8, 4) is 0 Å². The second-order valence-corrected chi connectivity index (χ2v) is 7.90. The maximum Gasteiger partial charge on any atom is 0.332 e. The molecule has 0 aliphatic carbocycles. The monoisotopic (exact) mass is 441 g/mol. The zero-order valence-electron chi connectivity index (χ0n) is 17.0.